The van der Waals surface area contributed by atoms with Crippen LogP contribution < -0.4 is 25.4 Å². The standard InChI is InChI=1S/C26H29NO4.C6H11NO3.C5H11NO2.2ClH/c1-29-24-12-8-20(9-13-24)26(19-6-4-3-5-7-19,21-10-14-25(30-2)15-11-21)31-18-22-16-23(28)17-27-22;1-10-6(9)5-2-4(8)3-7-5;7-3-4-1-5(8)2-6-4;;/h3-15,22-23,27-28H,16-18H2,1-2H3;4-5,7-8H,2-3H2,1H3;4-8H,1-3H2;2*1H/t22-,23+;2*4-,5+;;/m010../s1. The molecule has 0 unspecified atom stereocenters. The average Bonchev–Trinajstić information content (AvgIpc) is 3.90. The van der Waals surface area contributed by atoms with Gasteiger partial charge in [-0.3, -0.25) is 4.79 Å². The molecule has 3 aromatic rings. The Morgan fingerprint density at radius 2 is 1.12 bits per heavy atom. The van der Waals surface area contributed by atoms with E-state index in [1.807, 2.05) is 66.7 Å². The lowest BCUT2D eigenvalue weighted by Gasteiger charge is -2.37. The third-order valence-electron chi connectivity index (χ3n) is 8.89. The summed E-state index contributed by atoms with van der Waals surface area (Å²) in [5.41, 5.74) is 2.21. The summed E-state index contributed by atoms with van der Waals surface area (Å²) in [7, 11) is 4.67. The van der Waals surface area contributed by atoms with Gasteiger partial charge >= 0.3 is 5.97 Å². The molecule has 14 heteroatoms. The summed E-state index contributed by atoms with van der Waals surface area (Å²) < 4.78 is 22.0. The van der Waals surface area contributed by atoms with Gasteiger partial charge in [0.1, 0.15) is 23.1 Å². The number of esters is 1. The number of aliphatic hydroxyl groups excluding tert-OH is 4. The number of nitrogens with one attached hydrogen (secondary N) is 3. The molecule has 0 bridgehead atoms. The van der Waals surface area contributed by atoms with Gasteiger partial charge in [0.2, 0.25) is 0 Å². The monoisotopic (exact) mass is 753 g/mol. The first-order valence-corrected chi connectivity index (χ1v) is 16.6. The molecule has 6 rings (SSSR count). The van der Waals surface area contributed by atoms with Gasteiger partial charge in [0.25, 0.3) is 0 Å². The van der Waals surface area contributed by atoms with E-state index in [4.69, 9.17) is 29.5 Å². The lowest BCUT2D eigenvalue weighted by Crippen LogP contribution is -2.38. The number of rotatable bonds is 10. The summed E-state index contributed by atoms with van der Waals surface area (Å²) in [6.45, 7) is 2.31. The fourth-order valence-corrected chi connectivity index (χ4v) is 6.20. The lowest BCUT2D eigenvalue weighted by molar-refractivity contribution is -0.142. The van der Waals surface area contributed by atoms with Crippen molar-refractivity contribution in [2.24, 2.45) is 0 Å². The third kappa shape index (κ3) is 12.3. The largest absolute Gasteiger partial charge is 0.497 e. The van der Waals surface area contributed by atoms with Gasteiger partial charge in [0.05, 0.1) is 52.9 Å². The predicted octanol–water partition coefficient (Wildman–Crippen LogP) is 2.16. The topological polar surface area (TPSA) is 171 Å². The normalized spacial score (nSPS) is 23.7. The maximum absolute atomic E-state index is 10.8. The molecule has 3 aliphatic heterocycles. The smallest absolute Gasteiger partial charge is 0.322 e. The minimum absolute atomic E-state index is 0. The molecule has 284 valence electrons. The highest BCUT2D eigenvalue weighted by Crippen LogP contribution is 2.42. The molecule has 12 nitrogen and oxygen atoms in total. The molecule has 3 fully saturated rings. The van der Waals surface area contributed by atoms with Crippen molar-refractivity contribution < 1.29 is 44.2 Å². The minimum atomic E-state index is -0.824. The first kappa shape index (κ1) is 44.2. The highest BCUT2D eigenvalue weighted by atomic mass is 35.5. The molecule has 0 amide bonds. The molecule has 0 aliphatic carbocycles. The van der Waals surface area contributed by atoms with Crippen LogP contribution in [0.3, 0.4) is 0 Å². The zero-order valence-corrected chi connectivity index (χ0v) is 30.9. The van der Waals surface area contributed by atoms with E-state index < -0.39 is 11.7 Å². The summed E-state index contributed by atoms with van der Waals surface area (Å²) in [6, 6.07) is 26.2. The van der Waals surface area contributed by atoms with E-state index in [0.29, 0.717) is 45.5 Å². The van der Waals surface area contributed by atoms with Gasteiger partial charge in [0.15, 0.2) is 0 Å². The zero-order chi connectivity index (χ0) is 35.2. The van der Waals surface area contributed by atoms with E-state index in [2.05, 4.69) is 32.8 Å². The first-order chi connectivity index (χ1) is 23.7. The van der Waals surface area contributed by atoms with Gasteiger partial charge in [-0.15, -0.1) is 24.8 Å². The van der Waals surface area contributed by atoms with Crippen molar-refractivity contribution in [1.29, 1.82) is 0 Å². The number of halogens is 2. The maximum atomic E-state index is 10.8. The van der Waals surface area contributed by atoms with Crippen LogP contribution in [-0.4, -0.2) is 117 Å². The second-order valence-corrected chi connectivity index (χ2v) is 12.4. The van der Waals surface area contributed by atoms with Crippen molar-refractivity contribution in [2.75, 3.05) is 54.2 Å². The molecular weight excluding hydrogens is 701 g/mol. The Hall–Kier alpha value is -3.01. The average molecular weight is 755 g/mol. The highest BCUT2D eigenvalue weighted by molar-refractivity contribution is 5.85. The lowest BCUT2D eigenvalue weighted by atomic mass is 9.80. The SMILES string of the molecule is COC(=O)[C@@H]1C[C@@H](O)CN1.COc1ccc(C(OC[C@@H]2C[C@@H](O)CN2)(c2ccccc2)c2ccc(OC)cc2)cc1.Cl.Cl.OC[C@@H]1C[C@@H](O)CN1. The molecule has 0 saturated carbocycles. The highest BCUT2D eigenvalue weighted by Gasteiger charge is 2.39. The van der Waals surface area contributed by atoms with Crippen LogP contribution in [0, 0.1) is 0 Å². The molecule has 0 radical (unpaired) electrons. The Morgan fingerprint density at radius 1 is 0.667 bits per heavy atom. The zero-order valence-electron chi connectivity index (χ0n) is 29.3. The Labute approximate surface area is 312 Å². The summed E-state index contributed by atoms with van der Waals surface area (Å²) in [5.74, 6) is 1.29. The van der Waals surface area contributed by atoms with Gasteiger partial charge in [0, 0.05) is 38.1 Å². The quantitative estimate of drug-likeness (QED) is 0.119. The molecular formula is C37H53Cl2N3O9. The number of hydrogen-bond acceptors (Lipinski definition) is 12. The Balaban J connectivity index is 0.000000369. The van der Waals surface area contributed by atoms with Crippen molar-refractivity contribution in [3.63, 3.8) is 0 Å². The van der Waals surface area contributed by atoms with Crippen LogP contribution in [0.25, 0.3) is 0 Å². The number of β-amino-alcohol motifs (C(OH)–C–C–N with tert-alkyl or cyclic N) is 3. The van der Waals surface area contributed by atoms with Crippen LogP contribution >= 0.6 is 24.8 Å². The van der Waals surface area contributed by atoms with Gasteiger partial charge in [-0.1, -0.05) is 54.6 Å². The number of hydrogen-bond donors (Lipinski definition) is 7. The molecule has 3 aliphatic rings. The second-order valence-electron chi connectivity index (χ2n) is 12.4. The van der Waals surface area contributed by atoms with Crippen molar-refractivity contribution in [3.8, 4) is 11.5 Å². The summed E-state index contributed by atoms with van der Waals surface area (Å²) >= 11 is 0. The van der Waals surface area contributed by atoms with Gasteiger partial charge in [-0.2, -0.15) is 0 Å². The number of aliphatic hydroxyl groups is 4. The van der Waals surface area contributed by atoms with Crippen LogP contribution in [0.5, 0.6) is 11.5 Å². The number of ether oxygens (including phenoxy) is 4. The van der Waals surface area contributed by atoms with Crippen LogP contribution in [0.15, 0.2) is 78.9 Å². The van der Waals surface area contributed by atoms with Gasteiger partial charge in [-0.05, 0) is 53.8 Å². The molecule has 51 heavy (non-hydrogen) atoms. The molecule has 3 heterocycles. The molecule has 7 N–H and O–H groups in total. The maximum Gasteiger partial charge on any atom is 0.322 e. The van der Waals surface area contributed by atoms with Crippen LogP contribution in [0.1, 0.15) is 36.0 Å². The molecule has 3 aromatic carbocycles. The molecule has 6 atom stereocenters. The van der Waals surface area contributed by atoms with Crippen molar-refractivity contribution >= 4 is 30.8 Å². The Bertz CT molecular complexity index is 1360. The van der Waals surface area contributed by atoms with Crippen LogP contribution in [0.2, 0.25) is 0 Å². The summed E-state index contributed by atoms with van der Waals surface area (Å²) in [4.78, 5) is 10.8. The van der Waals surface area contributed by atoms with Crippen LogP contribution in [-0.2, 0) is 19.9 Å². The fourth-order valence-electron chi connectivity index (χ4n) is 6.20. The number of methoxy groups -OCH3 is 3. The van der Waals surface area contributed by atoms with Crippen molar-refractivity contribution in [2.45, 2.75) is 61.3 Å². The first-order valence-electron chi connectivity index (χ1n) is 16.6. The van der Waals surface area contributed by atoms with Crippen LogP contribution in [0.4, 0.5) is 0 Å². The fraction of sp³-hybridized carbons (Fsp3) is 0.486. The van der Waals surface area contributed by atoms with Gasteiger partial charge < -0.3 is 55.3 Å². The Kier molecular flexibility index (Phi) is 19.2. The van der Waals surface area contributed by atoms with E-state index in [9.17, 15) is 9.90 Å². The number of carbonyl (C=O) groups is 1. The van der Waals surface area contributed by atoms with E-state index in [-0.39, 0.29) is 67.7 Å². The minimum Gasteiger partial charge on any atom is -0.497 e. The second kappa shape index (κ2) is 22.1. The van der Waals surface area contributed by atoms with E-state index in [1.54, 1.807) is 14.2 Å². The summed E-state index contributed by atoms with van der Waals surface area (Å²) in [5, 5.41) is 45.4. The van der Waals surface area contributed by atoms with E-state index in [0.717, 1.165) is 28.2 Å². The van der Waals surface area contributed by atoms with Crippen molar-refractivity contribution in [3.05, 3.63) is 95.6 Å². The van der Waals surface area contributed by atoms with E-state index in [1.165, 1.54) is 7.11 Å². The summed E-state index contributed by atoms with van der Waals surface area (Å²) in [6.07, 6.45) is 0.858. The number of carbonyl (C=O) groups excluding carboxylic acids is 1. The molecule has 0 spiro atoms. The Morgan fingerprint density at radius 3 is 1.49 bits per heavy atom. The number of benzene rings is 3. The van der Waals surface area contributed by atoms with Crippen molar-refractivity contribution in [1.82, 2.24) is 16.0 Å². The molecule has 3 saturated heterocycles. The molecule has 0 aromatic heterocycles. The van der Waals surface area contributed by atoms with E-state index >= 15 is 0 Å². The third-order valence-corrected chi connectivity index (χ3v) is 8.89. The van der Waals surface area contributed by atoms with Gasteiger partial charge in [-0.25, -0.2) is 0 Å². The predicted molar refractivity (Wildman–Crippen MR) is 199 cm³/mol.